The van der Waals surface area contributed by atoms with Gasteiger partial charge in [-0.25, -0.2) is 0 Å². The molecule has 22 heavy (non-hydrogen) atoms. The van der Waals surface area contributed by atoms with Gasteiger partial charge in [0.25, 0.3) is 0 Å². The number of hydrogen-bond donors (Lipinski definition) is 2. The lowest BCUT2D eigenvalue weighted by molar-refractivity contribution is -0.117. The second-order valence-electron chi connectivity index (χ2n) is 4.73. The van der Waals surface area contributed by atoms with Crippen LogP contribution in [-0.2, 0) is 25.6 Å². The number of carbonyl (C=O) groups excluding carboxylic acids is 1. The van der Waals surface area contributed by atoms with Crippen LogP contribution >= 0.6 is 22.6 Å². The maximum absolute atomic E-state index is 11.9. The number of carbonyl (C=O) groups is 1. The molecule has 0 fully saturated rings. The molecular weight excluding hydrogens is 419 g/mol. The van der Waals surface area contributed by atoms with E-state index in [1.807, 2.05) is 34.7 Å². The number of nitrogens with two attached hydrogens (primary N) is 2. The number of benzene rings is 2. The van der Waals surface area contributed by atoms with E-state index in [1.165, 1.54) is 6.07 Å². The quantitative estimate of drug-likeness (QED) is 0.408. The van der Waals surface area contributed by atoms with E-state index < -0.39 is 10.1 Å². The van der Waals surface area contributed by atoms with Crippen LogP contribution in [0.1, 0.15) is 12.0 Å². The Morgan fingerprint density at radius 1 is 1.18 bits per heavy atom. The van der Waals surface area contributed by atoms with Gasteiger partial charge in [0.1, 0.15) is 4.90 Å². The van der Waals surface area contributed by atoms with Crippen molar-refractivity contribution in [3.63, 3.8) is 0 Å². The molecule has 0 aliphatic heterocycles. The van der Waals surface area contributed by atoms with Crippen LogP contribution in [0, 0.1) is 0 Å². The highest BCUT2D eigenvalue weighted by Crippen LogP contribution is 2.27. The second kappa shape index (κ2) is 6.90. The van der Waals surface area contributed by atoms with Gasteiger partial charge in [0.15, 0.2) is 0 Å². The predicted octanol–water partition coefficient (Wildman–Crippen LogP) is 1.64. The van der Waals surface area contributed by atoms with Crippen molar-refractivity contribution in [2.75, 3.05) is 0 Å². The van der Waals surface area contributed by atoms with Crippen LogP contribution in [0.3, 0.4) is 0 Å². The summed E-state index contributed by atoms with van der Waals surface area (Å²) in [6, 6.07) is 10.3. The van der Waals surface area contributed by atoms with Crippen LogP contribution in [-0.4, -0.2) is 18.2 Å². The second-order valence-corrected chi connectivity index (χ2v) is 7.77. The van der Waals surface area contributed by atoms with E-state index >= 15 is 0 Å². The minimum absolute atomic E-state index is 0.0234. The third-order valence-corrected chi connectivity index (χ3v) is 5.73. The van der Waals surface area contributed by atoms with Crippen LogP contribution in [0.4, 0.5) is 0 Å². The first-order valence-corrected chi connectivity index (χ1v) is 9.09. The first-order valence-electron chi connectivity index (χ1n) is 6.44. The summed E-state index contributed by atoms with van der Waals surface area (Å²) in [5.74, 6) is 4.50. The molecule has 0 aliphatic rings. The largest absolute Gasteiger partial charge is 0.369 e. The summed E-state index contributed by atoms with van der Waals surface area (Å²) in [5, 5.41) is 1.32. The highest BCUT2D eigenvalue weighted by molar-refractivity contribution is 14.1. The van der Waals surface area contributed by atoms with E-state index in [0.29, 0.717) is 18.2 Å². The Morgan fingerprint density at radius 2 is 1.82 bits per heavy atom. The van der Waals surface area contributed by atoms with Gasteiger partial charge in [-0.05, 0) is 29.9 Å². The van der Waals surface area contributed by atoms with E-state index in [4.69, 9.17) is 11.6 Å². The van der Waals surface area contributed by atoms with Crippen molar-refractivity contribution >= 4 is 49.4 Å². The molecule has 4 N–H and O–H groups in total. The van der Waals surface area contributed by atoms with E-state index in [2.05, 4.69) is 4.28 Å². The molecule has 0 radical (unpaired) electrons. The van der Waals surface area contributed by atoms with Gasteiger partial charge in [0.2, 0.25) is 5.91 Å². The Morgan fingerprint density at radius 3 is 2.45 bits per heavy atom. The Balaban J connectivity index is 2.47. The lowest BCUT2D eigenvalue weighted by Gasteiger charge is -2.11. The minimum Gasteiger partial charge on any atom is -0.369 e. The lowest BCUT2D eigenvalue weighted by Crippen LogP contribution is -2.23. The average Bonchev–Trinajstić information content (AvgIpc) is 2.51. The summed E-state index contributed by atoms with van der Waals surface area (Å²) in [5.41, 5.74) is 6.20. The monoisotopic (exact) mass is 434 g/mol. The number of halogens is 1. The molecule has 0 bridgehead atoms. The fraction of sp³-hybridized carbons (Fsp3) is 0.214. The van der Waals surface area contributed by atoms with E-state index in [1.54, 1.807) is 18.2 Å². The molecule has 2 rings (SSSR count). The highest BCUT2D eigenvalue weighted by Gasteiger charge is 2.18. The fourth-order valence-electron chi connectivity index (χ4n) is 2.26. The van der Waals surface area contributed by atoms with Gasteiger partial charge in [0, 0.05) is 5.39 Å². The van der Waals surface area contributed by atoms with E-state index in [0.717, 1.165) is 10.9 Å². The predicted molar refractivity (Wildman–Crippen MR) is 91.7 cm³/mol. The summed E-state index contributed by atoms with van der Waals surface area (Å²) in [4.78, 5) is 11.1. The number of fused-ring (bicyclic) bond motifs is 1. The minimum atomic E-state index is -3.98. The number of primary amides is 1. The van der Waals surface area contributed by atoms with Gasteiger partial charge in [-0.1, -0.05) is 52.9 Å². The van der Waals surface area contributed by atoms with Crippen molar-refractivity contribution in [1.29, 1.82) is 0 Å². The molecule has 8 heteroatoms. The van der Waals surface area contributed by atoms with Crippen LogP contribution in [0.15, 0.2) is 41.3 Å². The molecule has 0 heterocycles. The van der Waals surface area contributed by atoms with Crippen molar-refractivity contribution < 1.29 is 17.5 Å². The molecule has 1 unspecified atom stereocenters. The molecule has 2 aromatic carbocycles. The topological polar surface area (TPSA) is 112 Å². The SMILES string of the molecule is NOS(=O)(=O)c1cccc2c(CCC(I)C(N)=O)cccc12. The van der Waals surface area contributed by atoms with Gasteiger partial charge in [0.05, 0.1) is 3.92 Å². The molecular formula is C14H15IN2O4S. The average molecular weight is 434 g/mol. The maximum Gasteiger partial charge on any atom is 0.313 e. The Labute approximate surface area is 142 Å². The zero-order valence-corrected chi connectivity index (χ0v) is 14.5. The van der Waals surface area contributed by atoms with Gasteiger partial charge in [-0.2, -0.15) is 18.6 Å². The normalized spacial score (nSPS) is 13.2. The Kier molecular flexibility index (Phi) is 5.37. The fourth-order valence-corrected chi connectivity index (χ4v) is 3.37. The molecule has 1 amide bonds. The van der Waals surface area contributed by atoms with Crippen molar-refractivity contribution in [1.82, 2.24) is 0 Å². The molecule has 0 spiro atoms. The lowest BCUT2D eigenvalue weighted by atomic mass is 10.00. The molecule has 118 valence electrons. The maximum atomic E-state index is 11.9. The summed E-state index contributed by atoms with van der Waals surface area (Å²) in [7, 11) is -3.98. The third kappa shape index (κ3) is 3.57. The molecule has 0 aromatic heterocycles. The van der Waals surface area contributed by atoms with Crippen LogP contribution in [0.25, 0.3) is 10.8 Å². The van der Waals surface area contributed by atoms with Gasteiger partial charge < -0.3 is 5.73 Å². The molecule has 0 aliphatic carbocycles. The van der Waals surface area contributed by atoms with E-state index in [-0.39, 0.29) is 14.7 Å². The summed E-state index contributed by atoms with van der Waals surface area (Å²) >= 11 is 2.00. The van der Waals surface area contributed by atoms with Crippen molar-refractivity contribution in [3.8, 4) is 0 Å². The zero-order valence-electron chi connectivity index (χ0n) is 11.5. The van der Waals surface area contributed by atoms with Crippen LogP contribution in [0.2, 0.25) is 0 Å². The van der Waals surface area contributed by atoms with Crippen molar-refractivity contribution in [2.45, 2.75) is 21.7 Å². The van der Waals surface area contributed by atoms with Crippen LogP contribution < -0.4 is 11.6 Å². The highest BCUT2D eigenvalue weighted by atomic mass is 127. The van der Waals surface area contributed by atoms with Gasteiger partial charge in [-0.3, -0.25) is 4.79 Å². The molecule has 6 nitrogen and oxygen atoms in total. The molecule has 2 aromatic rings. The number of alkyl halides is 1. The number of amides is 1. The first kappa shape index (κ1) is 17.1. The third-order valence-electron chi connectivity index (χ3n) is 3.34. The molecule has 1 atom stereocenters. The van der Waals surface area contributed by atoms with Crippen LogP contribution in [0.5, 0.6) is 0 Å². The van der Waals surface area contributed by atoms with Crippen molar-refractivity contribution in [3.05, 3.63) is 42.0 Å². The number of rotatable bonds is 6. The summed E-state index contributed by atoms with van der Waals surface area (Å²) in [6.07, 6.45) is 1.19. The Hall–Kier alpha value is -1.23. The first-order chi connectivity index (χ1) is 10.4. The standard InChI is InChI=1S/C14H15IN2O4S/c15-12(14(16)18)8-7-9-3-1-5-11-10(9)4-2-6-13(11)22(19,20)21-17/h1-6,12H,7-8,17H2,(H2,16,18). The molecule has 0 saturated heterocycles. The summed E-state index contributed by atoms with van der Waals surface area (Å²) < 4.78 is 27.6. The van der Waals surface area contributed by atoms with E-state index in [9.17, 15) is 13.2 Å². The number of hydrogen-bond acceptors (Lipinski definition) is 5. The zero-order chi connectivity index (χ0) is 16.3. The van der Waals surface area contributed by atoms with Gasteiger partial charge in [-0.15, -0.1) is 0 Å². The Bertz CT molecular complexity index is 808. The number of aryl methyl sites for hydroxylation is 1. The smallest absolute Gasteiger partial charge is 0.313 e. The molecule has 0 saturated carbocycles. The summed E-state index contributed by atoms with van der Waals surface area (Å²) in [6.45, 7) is 0. The van der Waals surface area contributed by atoms with Gasteiger partial charge >= 0.3 is 10.1 Å². The van der Waals surface area contributed by atoms with Crippen molar-refractivity contribution in [2.24, 2.45) is 11.6 Å².